The number of nitrogens with one attached hydrogen (secondary N) is 2. The predicted octanol–water partition coefficient (Wildman–Crippen LogP) is 9.91. The number of nitrogens with zero attached hydrogens (tertiary/aromatic N) is 9. The molecule has 2 aromatic carbocycles. The molecule has 28 heteroatoms. The molecule has 6 aromatic rings. The van der Waals surface area contributed by atoms with Crippen LogP contribution >= 0.6 is 43.2 Å². The van der Waals surface area contributed by atoms with Crippen molar-refractivity contribution in [3.8, 4) is 0 Å². The lowest BCUT2D eigenvalue weighted by Crippen LogP contribution is -2.29. The molecular formula is C57H71N11O13S4. The highest BCUT2D eigenvalue weighted by molar-refractivity contribution is 8.77. The molecule has 4 aromatic heterocycles. The van der Waals surface area contributed by atoms with Gasteiger partial charge in [-0.1, -0.05) is 85.7 Å². The Morgan fingerprint density at radius 1 is 0.647 bits per heavy atom. The van der Waals surface area contributed by atoms with E-state index in [9.17, 15) is 44.5 Å². The van der Waals surface area contributed by atoms with Gasteiger partial charge in [0.25, 0.3) is 11.4 Å². The Labute approximate surface area is 508 Å². The number of carbonyl (C=O) groups excluding carboxylic acids is 2. The molecule has 0 aliphatic carbocycles. The third-order valence-electron chi connectivity index (χ3n) is 13.2. The quantitative estimate of drug-likeness (QED) is 0.0170. The van der Waals surface area contributed by atoms with Crippen molar-refractivity contribution in [2.75, 3.05) is 48.4 Å². The van der Waals surface area contributed by atoms with Crippen molar-refractivity contribution < 1.29 is 43.5 Å². The summed E-state index contributed by atoms with van der Waals surface area (Å²) in [5.74, 6) is 1.40. The lowest BCUT2D eigenvalue weighted by atomic mass is 10.1. The molecule has 2 saturated heterocycles. The predicted molar refractivity (Wildman–Crippen MR) is 329 cm³/mol. The zero-order chi connectivity index (χ0) is 60.9. The van der Waals surface area contributed by atoms with Crippen molar-refractivity contribution in [1.82, 2.24) is 34.0 Å². The van der Waals surface area contributed by atoms with Gasteiger partial charge in [0, 0.05) is 74.1 Å². The van der Waals surface area contributed by atoms with Crippen LogP contribution in [0.2, 0.25) is 0 Å². The third kappa shape index (κ3) is 22.0. The second kappa shape index (κ2) is 36.4. The molecule has 0 bridgehead atoms. The van der Waals surface area contributed by atoms with Crippen molar-refractivity contribution in [1.29, 1.82) is 0 Å². The number of nitro benzene ring substituents is 2. The zero-order valence-corrected chi connectivity index (χ0v) is 50.9. The number of benzene rings is 2. The van der Waals surface area contributed by atoms with E-state index in [1.807, 2.05) is 43.3 Å². The standard InChI is InChI=1S/C26H29N5O6S2.C25H27N5O7S2.C6H15N/c1-2-20-21(36-17-18-8-3-4-9-19(18)31(34)35)16-25(37-20)30-14-12-22(29-26(30)33)28-23(32)10-7-15-38-39-24-11-5-6-13-27-24;31-15-20-19(36-16-17-6-1-2-7-18(17)30(34)35)14-24(37-20)29-12-10-21(28-25(29)33)27-22(32)8-5-13-38-39-23-9-3-4-11-26-23;1-4-7(5-2)6-3/h3-6,8-9,11-14,20-21,25H,2,7,10,15-17H2,1H3,(H,28,29,32,33);1-4,6-7,9-12,19-20,24,31H,5,8,13-16H2,(H,27,28,32,33);4-6H2,1-3H3. The highest BCUT2D eigenvalue weighted by atomic mass is 33.1. The number of para-hydroxylation sites is 2. The number of amides is 2. The Bertz CT molecular complexity index is 2960. The first-order valence-corrected chi connectivity index (χ1v) is 32.4. The monoisotopic (exact) mass is 1250 g/mol. The van der Waals surface area contributed by atoms with Crippen molar-refractivity contribution in [2.24, 2.45) is 0 Å². The first-order valence-electron chi connectivity index (χ1n) is 27.7. The van der Waals surface area contributed by atoms with Gasteiger partial charge in [0.1, 0.15) is 40.2 Å². The van der Waals surface area contributed by atoms with Crippen LogP contribution in [-0.2, 0) is 41.8 Å². The number of rotatable bonds is 29. The molecule has 0 saturated carbocycles. The minimum absolute atomic E-state index is 0.00111. The second-order valence-electron chi connectivity index (χ2n) is 18.9. The third-order valence-corrected chi connectivity index (χ3v) is 17.9. The zero-order valence-electron chi connectivity index (χ0n) is 47.6. The maximum atomic E-state index is 12.7. The van der Waals surface area contributed by atoms with E-state index in [2.05, 4.69) is 56.2 Å². The van der Waals surface area contributed by atoms with Gasteiger partial charge in [-0.05, 0) is 109 Å². The molecule has 24 nitrogen and oxygen atoms in total. The van der Waals surface area contributed by atoms with Crippen LogP contribution in [0.3, 0.4) is 0 Å². The van der Waals surface area contributed by atoms with Gasteiger partial charge in [0.15, 0.2) is 0 Å². The lowest BCUT2D eigenvalue weighted by molar-refractivity contribution is -0.386. The van der Waals surface area contributed by atoms with Gasteiger partial charge in [-0.15, -0.1) is 0 Å². The van der Waals surface area contributed by atoms with Crippen LogP contribution in [-0.4, -0.2) is 123 Å². The van der Waals surface area contributed by atoms with Crippen molar-refractivity contribution in [3.05, 3.63) is 174 Å². The Kier molecular flexibility index (Phi) is 28.9. The van der Waals surface area contributed by atoms with Crippen molar-refractivity contribution >= 4 is 78.0 Å². The Morgan fingerprint density at radius 2 is 1.07 bits per heavy atom. The Balaban J connectivity index is 0.000000245. The molecule has 6 heterocycles. The number of hydrogen-bond acceptors (Lipinski definition) is 22. The minimum atomic E-state index is -0.753. The summed E-state index contributed by atoms with van der Waals surface area (Å²) in [5, 5.41) is 39.4. The maximum absolute atomic E-state index is 12.7. The van der Waals surface area contributed by atoms with Gasteiger partial charge in [0.05, 0.1) is 59.1 Å². The molecule has 8 rings (SSSR count). The average molecular weight is 1250 g/mol. The van der Waals surface area contributed by atoms with Gasteiger partial charge >= 0.3 is 11.4 Å². The second-order valence-corrected chi connectivity index (χ2v) is 23.7. The summed E-state index contributed by atoms with van der Waals surface area (Å²) in [6, 6.07) is 27.2. The van der Waals surface area contributed by atoms with E-state index in [-0.39, 0.29) is 79.7 Å². The van der Waals surface area contributed by atoms with Crippen molar-refractivity contribution in [2.45, 2.75) is 133 Å². The molecule has 2 aliphatic rings. The summed E-state index contributed by atoms with van der Waals surface area (Å²) in [6.45, 7) is 11.7. The van der Waals surface area contributed by atoms with Gasteiger partial charge < -0.3 is 39.6 Å². The summed E-state index contributed by atoms with van der Waals surface area (Å²) in [7, 11) is 6.36. The van der Waals surface area contributed by atoms with Crippen LogP contribution < -0.4 is 22.0 Å². The largest absolute Gasteiger partial charge is 0.394 e. The number of aliphatic hydroxyl groups is 1. The van der Waals surface area contributed by atoms with Crippen LogP contribution in [0.5, 0.6) is 0 Å². The molecular weight excluding hydrogens is 1170 g/mol. The van der Waals surface area contributed by atoms with Gasteiger partial charge in [-0.2, -0.15) is 9.97 Å². The molecule has 2 fully saturated rings. The fourth-order valence-corrected chi connectivity index (χ4v) is 12.6. The molecule has 85 heavy (non-hydrogen) atoms. The molecule has 3 N–H and O–H groups in total. The maximum Gasteiger partial charge on any atom is 0.351 e. The van der Waals surface area contributed by atoms with E-state index < -0.39 is 45.9 Å². The van der Waals surface area contributed by atoms with Crippen LogP contribution in [0.4, 0.5) is 23.0 Å². The normalized spacial score (nSPS) is 18.0. The summed E-state index contributed by atoms with van der Waals surface area (Å²) in [5.41, 5.74) is -0.363. The Hall–Kier alpha value is -6.60. The van der Waals surface area contributed by atoms with Crippen LogP contribution in [0.15, 0.2) is 141 Å². The van der Waals surface area contributed by atoms with E-state index in [0.717, 1.165) is 21.6 Å². The summed E-state index contributed by atoms with van der Waals surface area (Å²) in [4.78, 5) is 90.4. The highest BCUT2D eigenvalue weighted by Crippen LogP contribution is 2.35. The number of carbonyl (C=O) groups is 2. The van der Waals surface area contributed by atoms with Gasteiger partial charge in [-0.25, -0.2) is 19.6 Å². The molecule has 456 valence electrons. The van der Waals surface area contributed by atoms with Crippen LogP contribution in [0.1, 0.15) is 96.2 Å². The number of pyridine rings is 2. The lowest BCUT2D eigenvalue weighted by Gasteiger charge is -2.17. The first kappa shape index (κ1) is 67.5. The number of anilines is 2. The number of nitro groups is 2. The fourth-order valence-electron chi connectivity index (χ4n) is 8.70. The van der Waals surface area contributed by atoms with Crippen molar-refractivity contribution in [3.63, 3.8) is 0 Å². The number of hydrogen-bond donors (Lipinski definition) is 3. The average Bonchev–Trinajstić information content (AvgIpc) is 3.14. The summed E-state index contributed by atoms with van der Waals surface area (Å²) < 4.78 is 26.3. The van der Waals surface area contributed by atoms with Crippen LogP contribution in [0, 0.1) is 20.2 Å². The number of aromatic nitrogens is 6. The Morgan fingerprint density at radius 3 is 1.45 bits per heavy atom. The molecule has 6 atom stereocenters. The topological polar surface area (TPSA) is 300 Å². The van der Waals surface area contributed by atoms with E-state index in [1.165, 1.54) is 53.2 Å². The fraction of sp³-hybridized carbons (Fsp3) is 0.439. The van der Waals surface area contributed by atoms with E-state index >= 15 is 0 Å². The molecule has 2 amide bonds. The summed E-state index contributed by atoms with van der Waals surface area (Å²) >= 11 is 0. The van der Waals surface area contributed by atoms with E-state index in [1.54, 1.807) is 104 Å². The molecule has 6 unspecified atom stereocenters. The number of ether oxygens (including phenoxy) is 4. The SMILES string of the molecule is CCC1OC(n2ccc(NC(=O)CCCSSc3ccccn3)nc2=O)CC1OCc1ccccc1[N+](=O)[O-].CCN(CC)CC.O=C(CCCSSc1ccccn1)Nc1ccn(C2CC(OCc3ccccc3[N+](=O)[O-])C(CO)O2)c(=O)n1. The highest BCUT2D eigenvalue weighted by Gasteiger charge is 2.38. The van der Waals surface area contributed by atoms with Gasteiger partial charge in [0.2, 0.25) is 11.8 Å². The molecule has 0 radical (unpaired) electrons. The molecule has 2 aliphatic heterocycles. The van der Waals surface area contributed by atoms with Gasteiger partial charge in [-0.3, -0.25) is 39.0 Å². The van der Waals surface area contributed by atoms with E-state index in [4.69, 9.17) is 18.9 Å². The molecule has 0 spiro atoms. The smallest absolute Gasteiger partial charge is 0.351 e. The van der Waals surface area contributed by atoms with Crippen LogP contribution in [0.25, 0.3) is 0 Å². The summed E-state index contributed by atoms with van der Waals surface area (Å²) in [6.07, 6.45) is 6.37. The number of aliphatic hydroxyl groups excluding tert-OH is 1. The van der Waals surface area contributed by atoms with E-state index in [0.29, 0.717) is 43.2 Å². The minimum Gasteiger partial charge on any atom is -0.394 e. The first-order chi connectivity index (χ1) is 41.2.